The molecule has 7 heteroatoms. The number of thiophene rings is 1. The molecule has 2 heterocycles. The second kappa shape index (κ2) is 8.31. The van der Waals surface area contributed by atoms with E-state index >= 15 is 0 Å². The zero-order valence-corrected chi connectivity index (χ0v) is 18.7. The molecule has 1 aromatic heterocycles. The van der Waals surface area contributed by atoms with Crippen LogP contribution in [0.15, 0.2) is 11.1 Å². The maximum Gasteiger partial charge on any atom is 0.407 e. The summed E-state index contributed by atoms with van der Waals surface area (Å²) in [5.74, 6) is 1.28. The molecular formula is C21H33N3O3S. The number of ether oxygens (including phenoxy) is 2. The van der Waals surface area contributed by atoms with Crippen LogP contribution in [0.25, 0.3) is 0 Å². The van der Waals surface area contributed by atoms with Crippen molar-refractivity contribution >= 4 is 28.3 Å². The van der Waals surface area contributed by atoms with Crippen LogP contribution in [0, 0.1) is 0 Å². The second-order valence-electron chi connectivity index (χ2n) is 9.06. The number of hydrogen-bond acceptors (Lipinski definition) is 6. The molecule has 28 heavy (non-hydrogen) atoms. The van der Waals surface area contributed by atoms with Crippen molar-refractivity contribution < 1.29 is 14.3 Å². The summed E-state index contributed by atoms with van der Waals surface area (Å²) in [7, 11) is 2.08. The largest absolute Gasteiger partial charge is 0.474 e. The lowest BCUT2D eigenvalue weighted by molar-refractivity contribution is 0.0467. The number of amides is 1. The zero-order chi connectivity index (χ0) is 20.5. The van der Waals surface area contributed by atoms with E-state index in [-0.39, 0.29) is 18.2 Å². The lowest BCUT2D eigenvalue weighted by Crippen LogP contribution is -2.42. The van der Waals surface area contributed by atoms with Crippen LogP contribution < -0.4 is 10.2 Å². The van der Waals surface area contributed by atoms with Gasteiger partial charge in [-0.3, -0.25) is 0 Å². The van der Waals surface area contributed by atoms with Crippen LogP contribution in [0.1, 0.15) is 76.7 Å². The zero-order valence-electron chi connectivity index (χ0n) is 17.9. The fraction of sp³-hybridized carbons (Fsp3) is 0.714. The van der Waals surface area contributed by atoms with Gasteiger partial charge in [-0.15, -0.1) is 11.3 Å². The van der Waals surface area contributed by atoms with Gasteiger partial charge in [-0.2, -0.15) is 0 Å². The van der Waals surface area contributed by atoms with E-state index < -0.39 is 5.60 Å². The molecule has 0 bridgehead atoms. The minimum absolute atomic E-state index is 0.147. The highest BCUT2D eigenvalue weighted by Gasteiger charge is 2.29. The Kier molecular flexibility index (Phi) is 6.22. The average molecular weight is 408 g/mol. The Bertz CT molecular complexity index is 728. The SMILES string of the molecule is CC(C)c1cc2c(s1)N(C)CN=C2O[C@H]1CC[C@H](NC(=O)OC(C)(C)C)CC1. The molecule has 0 spiro atoms. The van der Waals surface area contributed by atoms with Crippen LogP contribution >= 0.6 is 11.3 Å². The fourth-order valence-electron chi connectivity index (χ4n) is 3.50. The molecule has 0 radical (unpaired) electrons. The van der Waals surface area contributed by atoms with Crippen LogP contribution in [0.3, 0.4) is 0 Å². The number of carbonyl (C=O) groups excluding carboxylic acids is 1. The maximum absolute atomic E-state index is 12.0. The number of aliphatic imine (C=N–C) groups is 1. The van der Waals surface area contributed by atoms with Crippen LogP contribution in [0.2, 0.25) is 0 Å². The monoisotopic (exact) mass is 407 g/mol. The van der Waals surface area contributed by atoms with Crippen molar-refractivity contribution in [3.63, 3.8) is 0 Å². The standard InChI is InChI=1S/C21H33N3O3S/c1-13(2)17-11-16-18(22-12-24(6)19(16)28-17)26-15-9-7-14(8-10-15)23-20(25)27-21(3,4)5/h11,13-15H,7-10,12H2,1-6H3,(H,23,25)/t14-,15-. The summed E-state index contributed by atoms with van der Waals surface area (Å²) in [6, 6.07) is 2.38. The van der Waals surface area contributed by atoms with E-state index in [0.29, 0.717) is 12.6 Å². The molecule has 0 atom stereocenters. The summed E-state index contributed by atoms with van der Waals surface area (Å²) < 4.78 is 11.7. The molecule has 3 rings (SSSR count). The summed E-state index contributed by atoms with van der Waals surface area (Å²) >= 11 is 1.83. The van der Waals surface area contributed by atoms with Crippen LogP contribution in [0.5, 0.6) is 0 Å². The number of alkyl carbamates (subject to hydrolysis) is 1. The van der Waals surface area contributed by atoms with Gasteiger partial charge < -0.3 is 19.7 Å². The molecule has 0 unspecified atom stereocenters. The fourth-order valence-corrected chi connectivity index (χ4v) is 4.60. The predicted molar refractivity (Wildman–Crippen MR) is 115 cm³/mol. The van der Waals surface area contributed by atoms with Crippen molar-refractivity contribution in [3.8, 4) is 0 Å². The number of carbonyl (C=O) groups is 1. The second-order valence-corrected chi connectivity index (χ2v) is 10.1. The Morgan fingerprint density at radius 3 is 2.57 bits per heavy atom. The Balaban J connectivity index is 1.55. The van der Waals surface area contributed by atoms with E-state index in [1.807, 2.05) is 32.1 Å². The summed E-state index contributed by atoms with van der Waals surface area (Å²) in [6.07, 6.45) is 3.42. The molecule has 1 aliphatic carbocycles. The van der Waals surface area contributed by atoms with Gasteiger partial charge in [-0.05, 0) is 58.4 Å². The Hall–Kier alpha value is -1.76. The van der Waals surface area contributed by atoms with E-state index in [1.165, 1.54) is 9.88 Å². The average Bonchev–Trinajstić information content (AvgIpc) is 3.04. The third-order valence-corrected chi connectivity index (χ3v) is 6.53. The number of anilines is 1. The Morgan fingerprint density at radius 1 is 1.29 bits per heavy atom. The number of nitrogens with one attached hydrogen (secondary N) is 1. The molecule has 1 N–H and O–H groups in total. The Morgan fingerprint density at radius 2 is 1.96 bits per heavy atom. The molecule has 1 aliphatic heterocycles. The van der Waals surface area contributed by atoms with Gasteiger partial charge in [-0.1, -0.05) is 13.8 Å². The van der Waals surface area contributed by atoms with Crippen molar-refractivity contribution in [2.24, 2.45) is 4.99 Å². The van der Waals surface area contributed by atoms with Gasteiger partial charge in [0.1, 0.15) is 23.4 Å². The first kappa shape index (κ1) is 21.0. The molecule has 6 nitrogen and oxygen atoms in total. The van der Waals surface area contributed by atoms with Gasteiger partial charge in [0.15, 0.2) is 0 Å². The van der Waals surface area contributed by atoms with Crippen molar-refractivity contribution in [2.75, 3.05) is 18.6 Å². The minimum atomic E-state index is -0.468. The third-order valence-electron chi connectivity index (χ3n) is 4.98. The smallest absolute Gasteiger partial charge is 0.407 e. The molecule has 0 aromatic carbocycles. The molecule has 156 valence electrons. The van der Waals surface area contributed by atoms with Crippen molar-refractivity contribution in [2.45, 2.75) is 84.0 Å². The molecule has 1 amide bonds. The highest BCUT2D eigenvalue weighted by atomic mass is 32.1. The number of nitrogens with zero attached hydrogens (tertiary/aromatic N) is 2. The predicted octanol–water partition coefficient (Wildman–Crippen LogP) is 4.88. The van der Waals surface area contributed by atoms with Gasteiger partial charge in [0.2, 0.25) is 5.90 Å². The van der Waals surface area contributed by atoms with E-state index in [4.69, 9.17) is 9.47 Å². The first-order valence-corrected chi connectivity index (χ1v) is 11.0. The quantitative estimate of drug-likeness (QED) is 0.776. The topological polar surface area (TPSA) is 63.2 Å². The van der Waals surface area contributed by atoms with Gasteiger partial charge in [0, 0.05) is 18.0 Å². The molecule has 2 aliphatic rings. The van der Waals surface area contributed by atoms with E-state index in [1.54, 1.807) is 0 Å². The van der Waals surface area contributed by atoms with Crippen molar-refractivity contribution in [3.05, 3.63) is 16.5 Å². The minimum Gasteiger partial charge on any atom is -0.474 e. The van der Waals surface area contributed by atoms with E-state index in [0.717, 1.165) is 37.1 Å². The first-order chi connectivity index (χ1) is 13.1. The van der Waals surface area contributed by atoms with Crippen LogP contribution in [-0.2, 0) is 9.47 Å². The van der Waals surface area contributed by atoms with Crippen molar-refractivity contribution in [1.82, 2.24) is 5.32 Å². The molecular weight excluding hydrogens is 374 g/mol. The molecule has 1 fully saturated rings. The highest BCUT2D eigenvalue weighted by molar-refractivity contribution is 7.16. The molecule has 1 saturated carbocycles. The summed E-state index contributed by atoms with van der Waals surface area (Å²) in [5, 5.41) is 4.23. The van der Waals surface area contributed by atoms with E-state index in [9.17, 15) is 4.79 Å². The van der Waals surface area contributed by atoms with E-state index in [2.05, 4.69) is 42.2 Å². The van der Waals surface area contributed by atoms with Gasteiger partial charge in [-0.25, -0.2) is 9.79 Å². The van der Waals surface area contributed by atoms with Crippen LogP contribution in [0.4, 0.5) is 9.80 Å². The van der Waals surface area contributed by atoms with Gasteiger partial charge in [0.25, 0.3) is 0 Å². The van der Waals surface area contributed by atoms with Gasteiger partial charge in [0.05, 0.1) is 5.56 Å². The highest BCUT2D eigenvalue weighted by Crippen LogP contribution is 2.38. The first-order valence-electron chi connectivity index (χ1n) is 10.2. The Labute approximate surface area is 172 Å². The van der Waals surface area contributed by atoms with Crippen LogP contribution in [-0.4, -0.2) is 43.5 Å². The maximum atomic E-state index is 12.0. The molecule has 0 saturated heterocycles. The van der Waals surface area contributed by atoms with Gasteiger partial charge >= 0.3 is 6.09 Å². The summed E-state index contributed by atoms with van der Waals surface area (Å²) in [5.41, 5.74) is 0.653. The summed E-state index contributed by atoms with van der Waals surface area (Å²) in [6.45, 7) is 10.7. The lowest BCUT2D eigenvalue weighted by Gasteiger charge is -2.31. The molecule has 1 aromatic rings. The lowest BCUT2D eigenvalue weighted by atomic mass is 9.93. The third kappa shape index (κ3) is 5.19. The normalized spacial score (nSPS) is 22.5. The number of fused-ring (bicyclic) bond motifs is 1. The van der Waals surface area contributed by atoms with Crippen molar-refractivity contribution in [1.29, 1.82) is 0 Å². The number of rotatable bonds is 3. The number of hydrogen-bond donors (Lipinski definition) is 1. The summed E-state index contributed by atoms with van der Waals surface area (Å²) in [4.78, 5) is 20.2.